The highest BCUT2D eigenvalue weighted by atomic mass is 14.3. The molecular weight excluding hydrogens is 192 g/mol. The second-order valence-electron chi connectivity index (χ2n) is 4.87. The van der Waals surface area contributed by atoms with E-state index in [1.807, 2.05) is 6.08 Å². The Morgan fingerprint density at radius 3 is 2.81 bits per heavy atom. The number of allylic oxidation sites excluding steroid dienone is 9. The van der Waals surface area contributed by atoms with Crippen LogP contribution in [0, 0.1) is 11.8 Å². The summed E-state index contributed by atoms with van der Waals surface area (Å²) in [5, 5.41) is 0. The number of rotatable bonds is 2. The molecule has 0 nitrogen and oxygen atoms in total. The van der Waals surface area contributed by atoms with Gasteiger partial charge in [0.1, 0.15) is 0 Å². The Hall–Kier alpha value is -1.30. The molecule has 0 heteroatoms. The lowest BCUT2D eigenvalue weighted by Gasteiger charge is -2.27. The van der Waals surface area contributed by atoms with Gasteiger partial charge in [-0.1, -0.05) is 61.1 Å². The maximum Gasteiger partial charge on any atom is 0.00230 e. The van der Waals surface area contributed by atoms with E-state index in [0.717, 1.165) is 12.8 Å². The van der Waals surface area contributed by atoms with E-state index >= 15 is 0 Å². The average Bonchev–Trinajstić information content (AvgIpc) is 2.28. The van der Waals surface area contributed by atoms with Gasteiger partial charge in [-0.2, -0.15) is 0 Å². The zero-order chi connectivity index (χ0) is 11.5. The van der Waals surface area contributed by atoms with Crippen molar-refractivity contribution in [3.05, 3.63) is 59.8 Å². The van der Waals surface area contributed by atoms with Crippen molar-refractivity contribution in [2.75, 3.05) is 0 Å². The first-order chi connectivity index (χ1) is 7.70. The summed E-state index contributed by atoms with van der Waals surface area (Å²) in [6.07, 6.45) is 15.7. The molecule has 2 rings (SSSR count). The highest BCUT2D eigenvalue weighted by Gasteiger charge is 2.20. The summed E-state index contributed by atoms with van der Waals surface area (Å²) >= 11 is 0. The van der Waals surface area contributed by atoms with E-state index in [-0.39, 0.29) is 0 Å². The second-order valence-corrected chi connectivity index (χ2v) is 4.87. The Balaban J connectivity index is 2.22. The van der Waals surface area contributed by atoms with E-state index in [1.54, 1.807) is 5.57 Å². The van der Waals surface area contributed by atoms with Gasteiger partial charge in [0.25, 0.3) is 0 Å². The third kappa shape index (κ3) is 2.27. The Labute approximate surface area is 98.8 Å². The summed E-state index contributed by atoms with van der Waals surface area (Å²) in [5.41, 5.74) is 4.33. The average molecular weight is 212 g/mol. The molecule has 0 aliphatic heterocycles. The van der Waals surface area contributed by atoms with Gasteiger partial charge in [-0.05, 0) is 31.3 Å². The number of hydrogen-bond donors (Lipinski definition) is 0. The smallest absolute Gasteiger partial charge is 0.00230 e. The third-order valence-corrected chi connectivity index (χ3v) is 3.53. The van der Waals surface area contributed by atoms with E-state index in [9.17, 15) is 0 Å². The van der Waals surface area contributed by atoms with Crippen LogP contribution in [0.15, 0.2) is 59.8 Å². The van der Waals surface area contributed by atoms with Gasteiger partial charge in [0.2, 0.25) is 0 Å². The van der Waals surface area contributed by atoms with E-state index in [0.29, 0.717) is 11.8 Å². The van der Waals surface area contributed by atoms with Gasteiger partial charge >= 0.3 is 0 Å². The summed E-state index contributed by atoms with van der Waals surface area (Å²) in [6, 6.07) is 0. The minimum Gasteiger partial charge on any atom is -0.0988 e. The Morgan fingerprint density at radius 1 is 1.38 bits per heavy atom. The first-order valence-electron chi connectivity index (χ1n) is 6.08. The molecule has 2 unspecified atom stereocenters. The molecule has 0 amide bonds. The van der Waals surface area contributed by atoms with Gasteiger partial charge in [0, 0.05) is 5.92 Å². The minimum absolute atomic E-state index is 0.614. The molecule has 0 aromatic carbocycles. The van der Waals surface area contributed by atoms with Crippen molar-refractivity contribution < 1.29 is 0 Å². The van der Waals surface area contributed by atoms with Gasteiger partial charge in [0.05, 0.1) is 0 Å². The lowest BCUT2D eigenvalue weighted by molar-refractivity contribution is 0.577. The SMILES string of the molecule is C=CC1=CC=C(C2C=C(C)C=CC2)C(C)C1. The molecule has 2 aliphatic carbocycles. The minimum atomic E-state index is 0.614. The fourth-order valence-electron chi connectivity index (χ4n) is 2.62. The van der Waals surface area contributed by atoms with E-state index in [1.165, 1.54) is 11.1 Å². The van der Waals surface area contributed by atoms with Gasteiger partial charge < -0.3 is 0 Å². The molecule has 0 fully saturated rings. The van der Waals surface area contributed by atoms with Crippen LogP contribution in [-0.2, 0) is 0 Å². The van der Waals surface area contributed by atoms with Crippen LogP contribution in [0.4, 0.5) is 0 Å². The predicted octanol–water partition coefficient (Wildman–Crippen LogP) is 4.59. The highest BCUT2D eigenvalue weighted by Crippen LogP contribution is 2.34. The van der Waals surface area contributed by atoms with Crippen molar-refractivity contribution in [2.24, 2.45) is 11.8 Å². The molecule has 0 aromatic rings. The van der Waals surface area contributed by atoms with E-state index in [2.05, 4.69) is 50.8 Å². The summed E-state index contributed by atoms with van der Waals surface area (Å²) < 4.78 is 0. The maximum atomic E-state index is 3.85. The van der Waals surface area contributed by atoms with E-state index in [4.69, 9.17) is 0 Å². The molecule has 0 spiro atoms. The fraction of sp³-hybridized carbons (Fsp3) is 0.375. The molecule has 0 saturated carbocycles. The van der Waals surface area contributed by atoms with Crippen LogP contribution in [0.2, 0.25) is 0 Å². The van der Waals surface area contributed by atoms with Crippen LogP contribution in [0.3, 0.4) is 0 Å². The molecule has 16 heavy (non-hydrogen) atoms. The first-order valence-corrected chi connectivity index (χ1v) is 6.08. The Bertz CT molecular complexity index is 402. The lowest BCUT2D eigenvalue weighted by Crippen LogP contribution is -2.13. The molecular formula is C16H20. The zero-order valence-corrected chi connectivity index (χ0v) is 10.2. The molecule has 84 valence electrons. The van der Waals surface area contributed by atoms with Gasteiger partial charge in [-0.15, -0.1) is 0 Å². The van der Waals surface area contributed by atoms with Crippen molar-refractivity contribution in [1.29, 1.82) is 0 Å². The predicted molar refractivity (Wildman–Crippen MR) is 71.1 cm³/mol. The molecule has 2 atom stereocenters. The van der Waals surface area contributed by atoms with Crippen LogP contribution in [-0.4, -0.2) is 0 Å². The van der Waals surface area contributed by atoms with Crippen LogP contribution in [0.25, 0.3) is 0 Å². The fourth-order valence-corrected chi connectivity index (χ4v) is 2.62. The normalized spacial score (nSPS) is 29.2. The van der Waals surface area contributed by atoms with Gasteiger partial charge in [0.15, 0.2) is 0 Å². The summed E-state index contributed by atoms with van der Waals surface area (Å²) in [7, 11) is 0. The quantitative estimate of drug-likeness (QED) is 0.628. The molecule has 0 radical (unpaired) electrons. The standard InChI is InChI=1S/C16H20/c1-4-14-8-9-16(13(3)11-14)15-7-5-6-12(2)10-15/h4-6,8-10,13,15H,1,7,11H2,2-3H3. The van der Waals surface area contributed by atoms with Gasteiger partial charge in [-0.3, -0.25) is 0 Å². The maximum absolute atomic E-state index is 3.85. The second kappa shape index (κ2) is 4.69. The highest BCUT2D eigenvalue weighted by molar-refractivity contribution is 5.36. The van der Waals surface area contributed by atoms with Crippen LogP contribution in [0.1, 0.15) is 26.7 Å². The molecule has 0 N–H and O–H groups in total. The molecule has 0 heterocycles. The van der Waals surface area contributed by atoms with Crippen molar-refractivity contribution in [2.45, 2.75) is 26.7 Å². The lowest BCUT2D eigenvalue weighted by atomic mass is 9.78. The first kappa shape index (κ1) is 11.2. The molecule has 0 bridgehead atoms. The topological polar surface area (TPSA) is 0 Å². The summed E-state index contributed by atoms with van der Waals surface area (Å²) in [5.74, 6) is 1.26. The zero-order valence-electron chi connectivity index (χ0n) is 10.2. The largest absolute Gasteiger partial charge is 0.0988 e. The van der Waals surface area contributed by atoms with E-state index < -0.39 is 0 Å². The third-order valence-electron chi connectivity index (χ3n) is 3.53. The van der Waals surface area contributed by atoms with Gasteiger partial charge in [-0.25, -0.2) is 0 Å². The molecule has 2 aliphatic rings. The number of hydrogen-bond acceptors (Lipinski definition) is 0. The van der Waals surface area contributed by atoms with Crippen LogP contribution < -0.4 is 0 Å². The van der Waals surface area contributed by atoms with Crippen molar-refractivity contribution in [3.8, 4) is 0 Å². The molecule has 0 aromatic heterocycles. The van der Waals surface area contributed by atoms with Crippen LogP contribution in [0.5, 0.6) is 0 Å². The van der Waals surface area contributed by atoms with Crippen molar-refractivity contribution in [3.63, 3.8) is 0 Å². The Kier molecular flexibility index (Phi) is 3.28. The van der Waals surface area contributed by atoms with Crippen molar-refractivity contribution in [1.82, 2.24) is 0 Å². The molecule has 0 saturated heterocycles. The van der Waals surface area contributed by atoms with Crippen molar-refractivity contribution >= 4 is 0 Å². The summed E-state index contributed by atoms with van der Waals surface area (Å²) in [6.45, 7) is 8.35. The van der Waals surface area contributed by atoms with Crippen LogP contribution >= 0.6 is 0 Å². The Morgan fingerprint density at radius 2 is 2.19 bits per heavy atom. The summed E-state index contributed by atoms with van der Waals surface area (Å²) in [4.78, 5) is 0. The monoisotopic (exact) mass is 212 g/mol.